The second-order valence-electron chi connectivity index (χ2n) is 2.80. The van der Waals surface area contributed by atoms with Crippen molar-refractivity contribution in [3.05, 3.63) is 40.3 Å². The molecule has 0 aliphatic rings. The number of azide groups is 1. The first-order valence-electron chi connectivity index (χ1n) is 4.10. The molecule has 0 aliphatic heterocycles. The molecule has 0 heterocycles. The first-order chi connectivity index (χ1) is 7.19. The van der Waals surface area contributed by atoms with Gasteiger partial charge in [-0.15, -0.1) is 0 Å². The number of nitrogens with zero attached hydrogens (tertiary/aromatic N) is 4. The van der Waals surface area contributed by atoms with E-state index in [9.17, 15) is 5.11 Å². The van der Waals surface area contributed by atoms with E-state index in [-0.39, 0.29) is 0 Å². The SMILES string of the molecule is N#CC(O)C(O)c1cccc(N=[N+]=[N-])c1. The Hall–Kier alpha value is -2.06. The highest BCUT2D eigenvalue weighted by atomic mass is 16.3. The van der Waals surface area contributed by atoms with Crippen LogP contribution in [0.3, 0.4) is 0 Å². The first kappa shape index (κ1) is 11.0. The fourth-order valence-electron chi connectivity index (χ4n) is 1.08. The number of hydrogen-bond acceptors (Lipinski definition) is 4. The highest BCUT2D eigenvalue weighted by molar-refractivity contribution is 5.41. The minimum absolute atomic E-state index is 0.319. The van der Waals surface area contributed by atoms with Crippen molar-refractivity contribution in [2.24, 2.45) is 5.11 Å². The zero-order valence-electron chi connectivity index (χ0n) is 7.65. The molecule has 1 aromatic carbocycles. The van der Waals surface area contributed by atoms with Crippen LogP contribution >= 0.6 is 0 Å². The van der Waals surface area contributed by atoms with Crippen molar-refractivity contribution in [2.75, 3.05) is 0 Å². The van der Waals surface area contributed by atoms with Crippen LogP contribution in [0.1, 0.15) is 11.7 Å². The third-order valence-corrected chi connectivity index (χ3v) is 1.80. The molecule has 0 spiro atoms. The average Bonchev–Trinajstić information content (AvgIpc) is 2.28. The Morgan fingerprint density at radius 2 is 2.20 bits per heavy atom. The van der Waals surface area contributed by atoms with Crippen LogP contribution in [-0.2, 0) is 0 Å². The summed E-state index contributed by atoms with van der Waals surface area (Å²) in [5.74, 6) is 0. The second-order valence-corrected chi connectivity index (χ2v) is 2.80. The summed E-state index contributed by atoms with van der Waals surface area (Å²) in [6.45, 7) is 0. The number of hydrogen-bond donors (Lipinski definition) is 2. The third-order valence-electron chi connectivity index (χ3n) is 1.80. The predicted molar refractivity (Wildman–Crippen MR) is 51.8 cm³/mol. The fourth-order valence-corrected chi connectivity index (χ4v) is 1.08. The van der Waals surface area contributed by atoms with Crippen molar-refractivity contribution in [1.82, 2.24) is 0 Å². The normalized spacial score (nSPS) is 13.4. The van der Waals surface area contributed by atoms with Crippen molar-refractivity contribution in [3.63, 3.8) is 0 Å². The minimum Gasteiger partial charge on any atom is -0.385 e. The predicted octanol–water partition coefficient (Wildman–Crippen LogP) is 1.55. The van der Waals surface area contributed by atoms with E-state index in [2.05, 4.69) is 10.0 Å². The molecule has 76 valence electrons. The molecular weight excluding hydrogens is 196 g/mol. The molecule has 6 nitrogen and oxygen atoms in total. The average molecular weight is 204 g/mol. The van der Waals surface area contributed by atoms with E-state index >= 15 is 0 Å². The molecular formula is C9H8N4O2. The lowest BCUT2D eigenvalue weighted by Gasteiger charge is -2.11. The number of rotatable bonds is 3. The lowest BCUT2D eigenvalue weighted by atomic mass is 10.0. The Balaban J connectivity index is 3.00. The topological polar surface area (TPSA) is 113 Å². The zero-order chi connectivity index (χ0) is 11.3. The van der Waals surface area contributed by atoms with Gasteiger partial charge >= 0.3 is 0 Å². The van der Waals surface area contributed by atoms with Crippen LogP contribution in [0.15, 0.2) is 29.4 Å². The standard InChI is InChI=1S/C9H8N4O2/c10-5-8(14)9(15)6-2-1-3-7(4-6)12-13-11/h1-4,8-9,14-15H. The molecule has 1 aromatic rings. The van der Waals surface area contributed by atoms with Crippen LogP contribution < -0.4 is 0 Å². The maximum atomic E-state index is 9.47. The lowest BCUT2D eigenvalue weighted by Crippen LogP contribution is -2.15. The van der Waals surface area contributed by atoms with Gasteiger partial charge in [-0.1, -0.05) is 23.3 Å². The largest absolute Gasteiger partial charge is 0.385 e. The highest BCUT2D eigenvalue weighted by Crippen LogP contribution is 2.21. The fraction of sp³-hybridized carbons (Fsp3) is 0.222. The van der Waals surface area contributed by atoms with Gasteiger partial charge in [0.2, 0.25) is 0 Å². The Morgan fingerprint density at radius 1 is 1.47 bits per heavy atom. The molecule has 15 heavy (non-hydrogen) atoms. The lowest BCUT2D eigenvalue weighted by molar-refractivity contribution is 0.0528. The molecule has 0 aromatic heterocycles. The number of nitriles is 1. The summed E-state index contributed by atoms with van der Waals surface area (Å²) in [6.07, 6.45) is -2.80. The van der Waals surface area contributed by atoms with E-state index in [1.165, 1.54) is 18.2 Å². The van der Waals surface area contributed by atoms with E-state index in [1.807, 2.05) is 0 Å². The maximum Gasteiger partial charge on any atom is 0.170 e. The molecule has 0 radical (unpaired) electrons. The minimum atomic E-state index is -1.49. The number of aliphatic hydroxyl groups excluding tert-OH is 2. The van der Waals surface area contributed by atoms with Crippen molar-refractivity contribution in [3.8, 4) is 6.07 Å². The zero-order valence-corrected chi connectivity index (χ0v) is 7.65. The summed E-state index contributed by atoms with van der Waals surface area (Å²) in [5, 5.41) is 30.3. The Labute approximate surface area is 85.6 Å². The van der Waals surface area contributed by atoms with Gasteiger partial charge in [0, 0.05) is 10.6 Å². The van der Waals surface area contributed by atoms with E-state index in [1.54, 1.807) is 12.1 Å². The third kappa shape index (κ3) is 2.69. The summed E-state index contributed by atoms with van der Waals surface area (Å²) < 4.78 is 0. The quantitative estimate of drug-likeness (QED) is 0.337. The molecule has 0 saturated carbocycles. The van der Waals surface area contributed by atoms with Gasteiger partial charge in [-0.25, -0.2) is 0 Å². The Bertz CT molecular complexity index is 434. The van der Waals surface area contributed by atoms with E-state index in [0.29, 0.717) is 11.3 Å². The summed E-state index contributed by atoms with van der Waals surface area (Å²) in [4.78, 5) is 2.59. The van der Waals surface area contributed by atoms with E-state index in [4.69, 9.17) is 15.9 Å². The van der Waals surface area contributed by atoms with Gasteiger partial charge in [0.1, 0.15) is 6.10 Å². The molecule has 1 rings (SSSR count). The summed E-state index contributed by atoms with van der Waals surface area (Å²) in [6, 6.07) is 7.57. The van der Waals surface area contributed by atoms with Gasteiger partial charge in [0.05, 0.1) is 6.07 Å². The molecule has 2 atom stereocenters. The van der Waals surface area contributed by atoms with Gasteiger partial charge in [-0.05, 0) is 17.2 Å². The van der Waals surface area contributed by atoms with Gasteiger partial charge in [-0.3, -0.25) is 0 Å². The molecule has 2 unspecified atom stereocenters. The Morgan fingerprint density at radius 3 is 2.80 bits per heavy atom. The van der Waals surface area contributed by atoms with Gasteiger partial charge < -0.3 is 10.2 Å². The summed E-state index contributed by atoms with van der Waals surface area (Å²) in [5.41, 5.74) is 8.85. The van der Waals surface area contributed by atoms with Crippen LogP contribution in [0.2, 0.25) is 0 Å². The molecule has 0 fully saturated rings. The highest BCUT2D eigenvalue weighted by Gasteiger charge is 2.17. The van der Waals surface area contributed by atoms with E-state index in [0.717, 1.165) is 0 Å². The molecule has 0 aliphatic carbocycles. The first-order valence-corrected chi connectivity index (χ1v) is 4.10. The molecule has 6 heteroatoms. The van der Waals surface area contributed by atoms with Gasteiger partial charge in [-0.2, -0.15) is 5.26 Å². The molecule has 0 bridgehead atoms. The van der Waals surface area contributed by atoms with Crippen LogP contribution in [0.4, 0.5) is 5.69 Å². The molecule has 2 N–H and O–H groups in total. The van der Waals surface area contributed by atoms with Crippen LogP contribution in [-0.4, -0.2) is 16.3 Å². The van der Waals surface area contributed by atoms with Gasteiger partial charge in [0.25, 0.3) is 0 Å². The van der Waals surface area contributed by atoms with Crippen molar-refractivity contribution < 1.29 is 10.2 Å². The number of benzene rings is 1. The number of aliphatic hydroxyl groups is 2. The smallest absolute Gasteiger partial charge is 0.170 e. The van der Waals surface area contributed by atoms with Crippen LogP contribution in [0.5, 0.6) is 0 Å². The second kappa shape index (κ2) is 4.98. The molecule has 0 amide bonds. The van der Waals surface area contributed by atoms with Crippen molar-refractivity contribution >= 4 is 5.69 Å². The van der Waals surface area contributed by atoms with Gasteiger partial charge in [0.15, 0.2) is 6.10 Å². The molecule has 0 saturated heterocycles. The van der Waals surface area contributed by atoms with Crippen molar-refractivity contribution in [2.45, 2.75) is 12.2 Å². The summed E-state index contributed by atoms with van der Waals surface area (Å²) in [7, 11) is 0. The monoisotopic (exact) mass is 204 g/mol. The van der Waals surface area contributed by atoms with E-state index < -0.39 is 12.2 Å². The van der Waals surface area contributed by atoms with Crippen LogP contribution in [0, 0.1) is 11.3 Å². The summed E-state index contributed by atoms with van der Waals surface area (Å²) >= 11 is 0. The maximum absolute atomic E-state index is 9.47. The van der Waals surface area contributed by atoms with Crippen LogP contribution in [0.25, 0.3) is 10.4 Å². The Kier molecular flexibility index (Phi) is 3.66. The van der Waals surface area contributed by atoms with Crippen molar-refractivity contribution in [1.29, 1.82) is 5.26 Å².